The molecule has 0 bridgehead atoms. The van der Waals surface area contributed by atoms with E-state index in [1.807, 2.05) is 12.6 Å². The molecule has 130 valence electrons. The largest absolute Gasteiger partial charge is 0.519 e. The van der Waals surface area contributed by atoms with E-state index < -0.39 is 17.4 Å². The fourth-order valence-electron chi connectivity index (χ4n) is 2.62. The molecule has 0 saturated heterocycles. The fraction of sp³-hybridized carbons (Fsp3) is 0.600. The highest BCUT2D eigenvalue weighted by molar-refractivity contribution is 6.74. The van der Waals surface area contributed by atoms with Crippen LogP contribution in [0.4, 0.5) is 0 Å². The van der Waals surface area contributed by atoms with Crippen LogP contribution in [-0.4, -0.2) is 44.2 Å². The number of rotatable bonds is 8. The van der Waals surface area contributed by atoms with Crippen molar-refractivity contribution >= 4 is 29.0 Å². The Morgan fingerprint density at radius 1 is 1.22 bits per heavy atom. The first-order valence-electron chi connectivity index (χ1n) is 7.66. The maximum Gasteiger partial charge on any atom is 0.500 e. The van der Waals surface area contributed by atoms with E-state index in [1.54, 1.807) is 21.3 Å². The van der Waals surface area contributed by atoms with Gasteiger partial charge in [0.2, 0.25) is 0 Å². The number of hydrogen-bond donors (Lipinski definition) is 0. The van der Waals surface area contributed by atoms with Gasteiger partial charge >= 0.3 is 17.4 Å². The van der Waals surface area contributed by atoms with Gasteiger partial charge in [-0.1, -0.05) is 6.07 Å². The van der Waals surface area contributed by atoms with Gasteiger partial charge in [0.05, 0.1) is 12.1 Å². The van der Waals surface area contributed by atoms with E-state index in [9.17, 15) is 0 Å². The van der Waals surface area contributed by atoms with Crippen LogP contribution in [0.5, 0.6) is 5.75 Å². The average molecular weight is 377 g/mol. The zero-order valence-electron chi connectivity index (χ0n) is 14.2. The van der Waals surface area contributed by atoms with Crippen LogP contribution in [0.25, 0.3) is 0 Å². The molecule has 1 aromatic carbocycles. The molecule has 1 atom stereocenters. The zero-order chi connectivity index (χ0) is 16.9. The molecule has 0 aromatic heterocycles. The van der Waals surface area contributed by atoms with Crippen LogP contribution >= 0.6 is 11.6 Å². The van der Waals surface area contributed by atoms with Gasteiger partial charge in [-0.25, -0.2) is 0 Å². The number of fused-ring (bicyclic) bond motifs is 1. The zero-order valence-corrected chi connectivity index (χ0v) is 16.9. The lowest BCUT2D eigenvalue weighted by molar-refractivity contribution is 0.123. The molecule has 0 fully saturated rings. The molecule has 0 N–H and O–H groups in total. The molecule has 0 saturated carbocycles. The van der Waals surface area contributed by atoms with Crippen LogP contribution in [0.3, 0.4) is 0 Å². The maximum atomic E-state index is 5.97. The van der Waals surface area contributed by atoms with Crippen LogP contribution in [-0.2, 0) is 30.7 Å². The summed E-state index contributed by atoms with van der Waals surface area (Å²) < 4.78 is 28.1. The first kappa shape index (κ1) is 18.9. The Hall–Kier alpha value is -0.416. The van der Waals surface area contributed by atoms with Crippen LogP contribution in [0, 0.1) is 0 Å². The van der Waals surface area contributed by atoms with Crippen molar-refractivity contribution in [3.05, 3.63) is 29.3 Å². The van der Waals surface area contributed by atoms with Crippen molar-refractivity contribution in [3.8, 4) is 5.75 Å². The highest BCUT2D eigenvalue weighted by Crippen LogP contribution is 2.31. The van der Waals surface area contributed by atoms with E-state index in [-0.39, 0.29) is 0 Å². The molecule has 1 aliphatic heterocycles. The van der Waals surface area contributed by atoms with Gasteiger partial charge in [-0.05, 0) is 37.1 Å². The van der Waals surface area contributed by atoms with Crippen molar-refractivity contribution < 1.29 is 22.1 Å². The van der Waals surface area contributed by atoms with Crippen molar-refractivity contribution in [2.75, 3.05) is 26.8 Å². The molecule has 1 aliphatic rings. The van der Waals surface area contributed by atoms with E-state index >= 15 is 0 Å². The summed E-state index contributed by atoms with van der Waals surface area (Å²) in [6.07, 6.45) is 1.87. The van der Waals surface area contributed by atoms with Crippen LogP contribution in [0.2, 0.25) is 12.6 Å². The minimum absolute atomic E-state index is 0.436. The maximum absolute atomic E-state index is 5.97. The van der Waals surface area contributed by atoms with Crippen molar-refractivity contribution in [1.82, 2.24) is 0 Å². The normalized spacial score (nSPS) is 20.9. The number of benzene rings is 1. The lowest BCUT2D eigenvalue weighted by atomic mass is 10.1. The predicted octanol–water partition coefficient (Wildman–Crippen LogP) is 3.26. The third-order valence-corrected chi connectivity index (χ3v) is 10.3. The monoisotopic (exact) mass is 376 g/mol. The summed E-state index contributed by atoms with van der Waals surface area (Å²) in [6.45, 7) is 2.56. The number of halogens is 1. The van der Waals surface area contributed by atoms with Crippen molar-refractivity contribution in [3.63, 3.8) is 0 Å². The molecule has 2 rings (SSSR count). The minimum Gasteiger partial charge on any atom is -0.519 e. The first-order chi connectivity index (χ1) is 11.0. The molecule has 0 radical (unpaired) electrons. The molecule has 0 spiro atoms. The van der Waals surface area contributed by atoms with E-state index in [2.05, 4.69) is 12.1 Å². The summed E-state index contributed by atoms with van der Waals surface area (Å²) in [5.74, 6) is 0.907. The lowest BCUT2D eigenvalue weighted by Gasteiger charge is -2.32. The molecule has 1 unspecified atom stereocenters. The van der Waals surface area contributed by atoms with Crippen LogP contribution in [0.15, 0.2) is 18.2 Å². The minimum atomic E-state index is -2.48. The smallest absolute Gasteiger partial charge is 0.500 e. The van der Waals surface area contributed by atoms with E-state index in [0.717, 1.165) is 30.2 Å². The Labute approximate surface area is 145 Å². The average Bonchev–Trinajstić information content (AvgIpc) is 2.59. The van der Waals surface area contributed by atoms with Crippen molar-refractivity contribution in [1.29, 1.82) is 0 Å². The fourth-order valence-corrected chi connectivity index (χ4v) is 6.06. The quantitative estimate of drug-likeness (QED) is 0.514. The highest BCUT2D eigenvalue weighted by Gasteiger charge is 2.38. The van der Waals surface area contributed by atoms with Gasteiger partial charge in [0.25, 0.3) is 0 Å². The van der Waals surface area contributed by atoms with Gasteiger partial charge < -0.3 is 22.1 Å². The SMILES string of the molecule is CO[Si](CCCc1ccc2c(c1)CO[Si](C)(CCl)O2)(OC)OC. The van der Waals surface area contributed by atoms with Gasteiger partial charge in [0, 0.05) is 32.9 Å². The molecule has 0 amide bonds. The second-order valence-electron chi connectivity index (χ2n) is 5.75. The number of alkyl halides is 1. The summed E-state index contributed by atoms with van der Waals surface area (Å²) in [7, 11) is 0.225. The molecular weight excluding hydrogens is 352 g/mol. The van der Waals surface area contributed by atoms with Crippen molar-refractivity contribution in [2.45, 2.75) is 32.0 Å². The summed E-state index contributed by atoms with van der Waals surface area (Å²) in [6, 6.07) is 7.06. The Morgan fingerprint density at radius 2 is 1.91 bits per heavy atom. The Bertz CT molecular complexity index is 518. The molecular formula is C15H25ClO5Si2. The molecule has 5 nitrogen and oxygen atoms in total. The summed E-state index contributed by atoms with van der Waals surface area (Å²) in [5.41, 5.74) is 2.77. The van der Waals surface area contributed by atoms with Crippen LogP contribution in [0.1, 0.15) is 17.5 Å². The van der Waals surface area contributed by atoms with Crippen LogP contribution < -0.4 is 4.43 Å². The van der Waals surface area contributed by atoms with Crippen molar-refractivity contribution in [2.24, 2.45) is 0 Å². The second kappa shape index (κ2) is 8.11. The van der Waals surface area contributed by atoms with Gasteiger partial charge in [-0.15, -0.1) is 11.6 Å². The first-order valence-corrected chi connectivity index (χ1v) is 12.6. The molecule has 23 heavy (non-hydrogen) atoms. The Kier molecular flexibility index (Phi) is 6.67. The van der Waals surface area contributed by atoms with E-state index in [4.69, 9.17) is 33.7 Å². The topological polar surface area (TPSA) is 46.2 Å². The second-order valence-corrected chi connectivity index (χ2v) is 12.7. The lowest BCUT2D eigenvalue weighted by Crippen LogP contribution is -2.47. The Balaban J connectivity index is 1.96. The van der Waals surface area contributed by atoms with Gasteiger partial charge in [0.15, 0.2) is 0 Å². The molecule has 0 aliphatic carbocycles. The van der Waals surface area contributed by atoms with E-state index in [1.165, 1.54) is 5.56 Å². The molecule has 1 heterocycles. The highest BCUT2D eigenvalue weighted by atomic mass is 35.5. The molecule has 1 aromatic rings. The number of aryl methyl sites for hydroxylation is 1. The predicted molar refractivity (Wildman–Crippen MR) is 94.1 cm³/mol. The van der Waals surface area contributed by atoms with Gasteiger partial charge in [-0.3, -0.25) is 0 Å². The van der Waals surface area contributed by atoms with Gasteiger partial charge in [0.1, 0.15) is 5.75 Å². The Morgan fingerprint density at radius 3 is 2.52 bits per heavy atom. The van der Waals surface area contributed by atoms with E-state index in [0.29, 0.717) is 12.1 Å². The standard InChI is InChI=1S/C15H25ClO5Si2/c1-17-23(18-2,19-3)9-5-6-13-7-8-15-14(10-13)11-20-22(4,12-16)21-15/h7-8,10H,5-6,9,11-12H2,1-4H3. The molecule has 8 heteroatoms. The summed E-state index contributed by atoms with van der Waals surface area (Å²) in [4.78, 5) is 0. The van der Waals surface area contributed by atoms with Gasteiger partial charge in [-0.2, -0.15) is 0 Å². The third-order valence-electron chi connectivity index (χ3n) is 4.11. The summed E-state index contributed by atoms with van der Waals surface area (Å²) >= 11 is 5.95. The third kappa shape index (κ3) is 4.56. The summed E-state index contributed by atoms with van der Waals surface area (Å²) in [5, 5.41) is 0. The number of hydrogen-bond acceptors (Lipinski definition) is 5.